The van der Waals surface area contributed by atoms with E-state index in [0.717, 1.165) is 23.7 Å². The van der Waals surface area contributed by atoms with E-state index in [-0.39, 0.29) is 5.92 Å². The molecule has 1 atom stereocenters. The summed E-state index contributed by atoms with van der Waals surface area (Å²) in [6, 6.07) is 0. The molecule has 1 aliphatic rings. The third-order valence-electron chi connectivity index (χ3n) is 3.61. The van der Waals surface area contributed by atoms with Gasteiger partial charge in [0, 0.05) is 30.6 Å². The Morgan fingerprint density at radius 1 is 1.32 bits per heavy atom. The standard InChI is InChI=1S/C13H17N5O2S2/c1-22(19,20)18-5-2-3-10(9-18)11-7-16-12(8-15-11)17-13-14-4-6-21-13/h4,6-8,10H,2-3,5,9H2,1H3,(H,14,16,17). The van der Waals surface area contributed by atoms with Gasteiger partial charge in [-0.25, -0.2) is 22.7 Å². The van der Waals surface area contributed by atoms with Crippen LogP contribution in [-0.4, -0.2) is 47.0 Å². The topological polar surface area (TPSA) is 88.1 Å². The Hall–Kier alpha value is -1.58. The van der Waals surface area contributed by atoms with Crippen molar-refractivity contribution in [2.45, 2.75) is 18.8 Å². The van der Waals surface area contributed by atoms with Gasteiger partial charge < -0.3 is 5.32 Å². The lowest BCUT2D eigenvalue weighted by Crippen LogP contribution is -2.38. The predicted molar refractivity (Wildman–Crippen MR) is 85.8 cm³/mol. The van der Waals surface area contributed by atoms with Crippen LogP contribution in [0, 0.1) is 0 Å². The summed E-state index contributed by atoms with van der Waals surface area (Å²) in [7, 11) is -3.14. The maximum atomic E-state index is 11.7. The van der Waals surface area contributed by atoms with E-state index in [9.17, 15) is 8.42 Å². The number of hydrogen-bond acceptors (Lipinski definition) is 7. The zero-order valence-corrected chi connectivity index (χ0v) is 13.8. The van der Waals surface area contributed by atoms with Crippen LogP contribution in [0.3, 0.4) is 0 Å². The lowest BCUT2D eigenvalue weighted by atomic mass is 9.96. The van der Waals surface area contributed by atoms with Gasteiger partial charge in [0.05, 0.1) is 24.3 Å². The van der Waals surface area contributed by atoms with E-state index >= 15 is 0 Å². The van der Waals surface area contributed by atoms with E-state index < -0.39 is 10.0 Å². The SMILES string of the molecule is CS(=O)(=O)N1CCCC(c2cnc(Nc3nccs3)cn2)C1. The average molecular weight is 339 g/mol. The van der Waals surface area contributed by atoms with Crippen molar-refractivity contribution in [2.75, 3.05) is 24.7 Å². The minimum absolute atomic E-state index is 0.102. The van der Waals surface area contributed by atoms with Crippen molar-refractivity contribution >= 4 is 32.3 Å². The fourth-order valence-electron chi connectivity index (χ4n) is 2.49. The first-order valence-electron chi connectivity index (χ1n) is 6.96. The highest BCUT2D eigenvalue weighted by molar-refractivity contribution is 7.88. The van der Waals surface area contributed by atoms with Gasteiger partial charge in [0.1, 0.15) is 0 Å². The van der Waals surface area contributed by atoms with Crippen LogP contribution < -0.4 is 5.32 Å². The van der Waals surface area contributed by atoms with Crippen molar-refractivity contribution in [3.8, 4) is 0 Å². The van der Waals surface area contributed by atoms with E-state index in [0.29, 0.717) is 18.9 Å². The second-order valence-electron chi connectivity index (χ2n) is 5.25. The number of rotatable bonds is 4. The number of aromatic nitrogens is 3. The molecule has 1 aliphatic heterocycles. The largest absolute Gasteiger partial charge is 0.315 e. The van der Waals surface area contributed by atoms with E-state index in [1.807, 2.05) is 5.38 Å². The fourth-order valence-corrected chi connectivity index (χ4v) is 3.94. The molecule has 1 saturated heterocycles. The fraction of sp³-hybridized carbons (Fsp3) is 0.462. The third kappa shape index (κ3) is 3.60. The zero-order valence-electron chi connectivity index (χ0n) is 12.1. The average Bonchev–Trinajstić information content (AvgIpc) is 3.00. The molecule has 118 valence electrons. The van der Waals surface area contributed by atoms with Crippen LogP contribution in [0.5, 0.6) is 0 Å². The number of sulfonamides is 1. The first kappa shape index (κ1) is 15.3. The Morgan fingerprint density at radius 2 is 2.18 bits per heavy atom. The van der Waals surface area contributed by atoms with Gasteiger partial charge in [-0.2, -0.15) is 0 Å². The maximum absolute atomic E-state index is 11.7. The van der Waals surface area contributed by atoms with E-state index in [1.165, 1.54) is 21.9 Å². The highest BCUT2D eigenvalue weighted by Crippen LogP contribution is 2.27. The summed E-state index contributed by atoms with van der Waals surface area (Å²) >= 11 is 1.49. The Morgan fingerprint density at radius 3 is 2.82 bits per heavy atom. The molecule has 2 aromatic heterocycles. The molecule has 0 bridgehead atoms. The lowest BCUT2D eigenvalue weighted by molar-refractivity contribution is 0.314. The van der Waals surface area contributed by atoms with Crippen molar-refractivity contribution in [1.82, 2.24) is 19.3 Å². The minimum Gasteiger partial charge on any atom is -0.315 e. The van der Waals surface area contributed by atoms with Crippen LogP contribution >= 0.6 is 11.3 Å². The first-order chi connectivity index (χ1) is 10.5. The lowest BCUT2D eigenvalue weighted by Gasteiger charge is -2.30. The molecule has 2 aromatic rings. The van der Waals surface area contributed by atoms with Crippen LogP contribution in [0.15, 0.2) is 24.0 Å². The van der Waals surface area contributed by atoms with Crippen molar-refractivity contribution in [3.63, 3.8) is 0 Å². The maximum Gasteiger partial charge on any atom is 0.211 e. The zero-order chi connectivity index (χ0) is 15.6. The quantitative estimate of drug-likeness (QED) is 0.914. The monoisotopic (exact) mass is 339 g/mol. The van der Waals surface area contributed by atoms with E-state index in [2.05, 4.69) is 20.3 Å². The van der Waals surface area contributed by atoms with Crippen molar-refractivity contribution in [1.29, 1.82) is 0 Å². The van der Waals surface area contributed by atoms with Crippen LogP contribution in [-0.2, 0) is 10.0 Å². The van der Waals surface area contributed by atoms with Crippen molar-refractivity contribution in [3.05, 3.63) is 29.7 Å². The van der Waals surface area contributed by atoms with E-state index in [4.69, 9.17) is 0 Å². The molecule has 0 radical (unpaired) electrons. The molecule has 0 amide bonds. The first-order valence-corrected chi connectivity index (χ1v) is 9.69. The number of hydrogen-bond donors (Lipinski definition) is 1. The van der Waals surface area contributed by atoms with Gasteiger partial charge in [0.15, 0.2) is 10.9 Å². The Labute approximate surface area is 133 Å². The highest BCUT2D eigenvalue weighted by atomic mass is 32.2. The third-order valence-corrected chi connectivity index (χ3v) is 5.57. The molecule has 1 fully saturated rings. The normalized spacial score (nSPS) is 20.0. The molecule has 22 heavy (non-hydrogen) atoms. The number of nitrogens with one attached hydrogen (secondary N) is 1. The molecule has 1 N–H and O–H groups in total. The highest BCUT2D eigenvalue weighted by Gasteiger charge is 2.27. The van der Waals surface area contributed by atoms with Gasteiger partial charge in [0.25, 0.3) is 0 Å². The molecule has 0 spiro atoms. The number of piperidine rings is 1. The van der Waals surface area contributed by atoms with Gasteiger partial charge in [-0.3, -0.25) is 4.98 Å². The molecule has 0 saturated carbocycles. The molecule has 0 aliphatic carbocycles. The molecule has 3 rings (SSSR count). The summed E-state index contributed by atoms with van der Waals surface area (Å²) in [6.07, 6.45) is 8.12. The minimum atomic E-state index is -3.14. The smallest absolute Gasteiger partial charge is 0.211 e. The number of thiazole rings is 1. The van der Waals surface area contributed by atoms with E-state index in [1.54, 1.807) is 18.6 Å². The van der Waals surface area contributed by atoms with Gasteiger partial charge in [-0.15, -0.1) is 11.3 Å². The van der Waals surface area contributed by atoms with Gasteiger partial charge in [0.2, 0.25) is 10.0 Å². The summed E-state index contributed by atoms with van der Waals surface area (Å²) in [5, 5.41) is 5.72. The summed E-state index contributed by atoms with van der Waals surface area (Å²) in [4.78, 5) is 12.9. The number of nitrogens with zero attached hydrogens (tertiary/aromatic N) is 4. The molecular formula is C13H17N5O2S2. The van der Waals surface area contributed by atoms with Crippen LogP contribution in [0.2, 0.25) is 0 Å². The summed E-state index contributed by atoms with van der Waals surface area (Å²) < 4.78 is 24.9. The summed E-state index contributed by atoms with van der Waals surface area (Å²) in [6.45, 7) is 1.07. The Balaban J connectivity index is 1.70. The second-order valence-corrected chi connectivity index (χ2v) is 8.13. The van der Waals surface area contributed by atoms with Crippen molar-refractivity contribution in [2.24, 2.45) is 0 Å². The Bertz CT molecular complexity index is 715. The van der Waals surface area contributed by atoms with Gasteiger partial charge in [-0.05, 0) is 12.8 Å². The van der Waals surface area contributed by atoms with Gasteiger partial charge >= 0.3 is 0 Å². The van der Waals surface area contributed by atoms with Crippen molar-refractivity contribution < 1.29 is 8.42 Å². The molecule has 7 nitrogen and oxygen atoms in total. The molecular weight excluding hydrogens is 322 g/mol. The predicted octanol–water partition coefficient (Wildman–Crippen LogP) is 1.82. The molecule has 0 aromatic carbocycles. The molecule has 3 heterocycles. The van der Waals surface area contributed by atoms with Crippen LogP contribution in [0.1, 0.15) is 24.5 Å². The Kier molecular flexibility index (Phi) is 4.37. The number of anilines is 2. The van der Waals surface area contributed by atoms with Crippen LogP contribution in [0.4, 0.5) is 10.9 Å². The molecule has 1 unspecified atom stereocenters. The summed E-state index contributed by atoms with van der Waals surface area (Å²) in [5.41, 5.74) is 0.832. The second kappa shape index (κ2) is 6.27. The van der Waals surface area contributed by atoms with Crippen LogP contribution in [0.25, 0.3) is 0 Å². The van der Waals surface area contributed by atoms with Gasteiger partial charge in [-0.1, -0.05) is 0 Å². The molecule has 9 heteroatoms. The summed E-state index contributed by atoms with van der Waals surface area (Å²) in [5.74, 6) is 0.736.